The second kappa shape index (κ2) is 2.67. The third-order valence-electron chi connectivity index (χ3n) is 1.63. The third kappa shape index (κ3) is 1.02. The van der Waals surface area contributed by atoms with Crippen LogP contribution in [0.3, 0.4) is 0 Å². The Morgan fingerprint density at radius 1 is 1.58 bits per heavy atom. The van der Waals surface area contributed by atoms with Gasteiger partial charge in [-0.05, 0) is 17.7 Å². The summed E-state index contributed by atoms with van der Waals surface area (Å²) in [7, 11) is -0.468. The van der Waals surface area contributed by atoms with Crippen molar-refractivity contribution < 1.29 is 0 Å². The van der Waals surface area contributed by atoms with Crippen LogP contribution in [0.25, 0.3) is 4.91 Å². The Morgan fingerprint density at radius 2 is 2.42 bits per heavy atom. The summed E-state index contributed by atoms with van der Waals surface area (Å²) in [5.74, 6) is 6.30. The van der Waals surface area contributed by atoms with Crippen LogP contribution in [-0.2, 0) is 0 Å². The lowest BCUT2D eigenvalue weighted by molar-refractivity contribution is 0.977. The molecule has 0 fully saturated rings. The molecule has 1 unspecified atom stereocenters. The minimum absolute atomic E-state index is 0.468. The molecular weight excluding hydrogens is 172 g/mol. The molecule has 1 aromatic rings. The molecule has 0 aliphatic carbocycles. The van der Waals surface area contributed by atoms with E-state index in [1.54, 1.807) is 0 Å². The van der Waals surface area contributed by atoms with E-state index < -0.39 is 10.9 Å². The van der Waals surface area contributed by atoms with Gasteiger partial charge in [-0.3, -0.25) is 0 Å². The average molecular weight is 181 g/mol. The lowest BCUT2D eigenvalue weighted by Gasteiger charge is -2.09. The van der Waals surface area contributed by atoms with Crippen molar-refractivity contribution in [2.75, 3.05) is 5.84 Å². The largest absolute Gasteiger partial charge is 0.336 e. The number of thiol groups is 1. The highest BCUT2D eigenvalue weighted by molar-refractivity contribution is 8.28. The van der Waals surface area contributed by atoms with Crippen molar-refractivity contribution in [3.8, 4) is 0 Å². The zero-order valence-electron chi connectivity index (χ0n) is 6.38. The van der Waals surface area contributed by atoms with E-state index in [-0.39, 0.29) is 0 Å². The number of hydrogen-bond acceptors (Lipinski definition) is 3. The number of allylic oxidation sites excluding steroid dienone is 2. The molecule has 2 heterocycles. The summed E-state index contributed by atoms with van der Waals surface area (Å²) in [6.45, 7) is 0. The van der Waals surface area contributed by atoms with Crippen molar-refractivity contribution in [2.24, 2.45) is 0 Å². The van der Waals surface area contributed by atoms with Gasteiger partial charge in [0.05, 0.1) is 0 Å². The van der Waals surface area contributed by atoms with Gasteiger partial charge in [0, 0.05) is 4.91 Å². The molecule has 2 N–H and O–H groups in total. The van der Waals surface area contributed by atoms with Gasteiger partial charge in [-0.15, -0.1) is 10.2 Å². The quantitative estimate of drug-likeness (QED) is 0.494. The Labute approximate surface area is 73.1 Å². The topological polar surface area (TPSA) is 56.7 Å². The van der Waals surface area contributed by atoms with Crippen LogP contribution < -0.4 is 5.84 Å². The van der Waals surface area contributed by atoms with Gasteiger partial charge < -0.3 is 5.84 Å². The van der Waals surface area contributed by atoms with Crippen LogP contribution in [0.2, 0.25) is 0 Å². The maximum absolute atomic E-state index is 5.59. The standard InChI is InChI=1S/C7H9N4S/c1-12-4-2-3-6(12)7-10-9-5-11(7)8/h2-5,12H,1,8H2. The van der Waals surface area contributed by atoms with Crippen LogP contribution in [0, 0.1) is 6.26 Å². The zero-order chi connectivity index (χ0) is 8.55. The minimum Gasteiger partial charge on any atom is -0.336 e. The van der Waals surface area contributed by atoms with Crippen LogP contribution in [0.5, 0.6) is 0 Å². The molecule has 2 rings (SSSR count). The number of aromatic nitrogens is 3. The molecule has 63 valence electrons. The van der Waals surface area contributed by atoms with Crippen molar-refractivity contribution in [3.05, 3.63) is 36.0 Å². The van der Waals surface area contributed by atoms with E-state index in [1.807, 2.05) is 12.2 Å². The van der Waals surface area contributed by atoms with Crippen LogP contribution >= 0.6 is 10.9 Å². The lowest BCUT2D eigenvalue weighted by Crippen LogP contribution is -2.10. The van der Waals surface area contributed by atoms with Gasteiger partial charge in [-0.1, -0.05) is 6.08 Å². The van der Waals surface area contributed by atoms with Gasteiger partial charge in [-0.2, -0.15) is 0 Å². The van der Waals surface area contributed by atoms with Crippen molar-refractivity contribution >= 4 is 15.8 Å². The van der Waals surface area contributed by atoms with E-state index in [0.717, 1.165) is 4.91 Å². The summed E-state index contributed by atoms with van der Waals surface area (Å²) < 4.78 is 1.42. The Bertz CT molecular complexity index is 352. The molecule has 1 aliphatic rings. The van der Waals surface area contributed by atoms with Crippen molar-refractivity contribution in [1.29, 1.82) is 0 Å². The predicted octanol–water partition coefficient (Wildman–Crippen LogP) is 0.653. The molecule has 1 radical (unpaired) electrons. The molecular formula is C7H9N4S. The highest BCUT2D eigenvalue weighted by atomic mass is 32.2. The molecule has 1 aliphatic heterocycles. The zero-order valence-corrected chi connectivity index (χ0v) is 7.28. The molecule has 0 bridgehead atoms. The molecule has 5 heteroatoms. The van der Waals surface area contributed by atoms with Gasteiger partial charge in [0.2, 0.25) is 0 Å². The van der Waals surface area contributed by atoms with Crippen LogP contribution in [0.1, 0.15) is 5.82 Å². The Hall–Kier alpha value is -1.23. The average Bonchev–Trinajstić information content (AvgIpc) is 2.59. The molecule has 0 saturated carbocycles. The Kier molecular flexibility index (Phi) is 1.65. The second-order valence-corrected chi connectivity index (χ2v) is 4.14. The molecule has 12 heavy (non-hydrogen) atoms. The molecule has 1 aromatic heterocycles. The van der Waals surface area contributed by atoms with Gasteiger partial charge in [0.1, 0.15) is 6.33 Å². The highest BCUT2D eigenvalue weighted by Crippen LogP contribution is 2.44. The maximum atomic E-state index is 5.59. The third-order valence-corrected chi connectivity index (χ3v) is 3.13. The Balaban J connectivity index is 2.39. The van der Waals surface area contributed by atoms with E-state index in [1.165, 1.54) is 11.0 Å². The van der Waals surface area contributed by atoms with Gasteiger partial charge in [-0.25, -0.2) is 15.6 Å². The first-order valence-corrected chi connectivity index (χ1v) is 5.02. The van der Waals surface area contributed by atoms with Gasteiger partial charge in [0.25, 0.3) is 0 Å². The van der Waals surface area contributed by atoms with Crippen LogP contribution in [0.15, 0.2) is 23.9 Å². The van der Waals surface area contributed by atoms with E-state index in [4.69, 9.17) is 5.84 Å². The fourth-order valence-corrected chi connectivity index (χ4v) is 2.19. The summed E-state index contributed by atoms with van der Waals surface area (Å²) in [6.07, 6.45) is 9.43. The number of nitrogens with two attached hydrogens (primary N) is 1. The minimum atomic E-state index is -0.468. The number of nitrogens with zero attached hydrogens (tertiary/aromatic N) is 3. The van der Waals surface area contributed by atoms with Gasteiger partial charge in [0.15, 0.2) is 5.82 Å². The smallest absolute Gasteiger partial charge is 0.187 e. The first kappa shape index (κ1) is 7.42. The Morgan fingerprint density at radius 3 is 2.92 bits per heavy atom. The normalized spacial score (nSPS) is 24.4. The van der Waals surface area contributed by atoms with E-state index in [2.05, 4.69) is 21.9 Å². The number of nitrogen functional groups attached to an aromatic ring is 1. The summed E-state index contributed by atoms with van der Waals surface area (Å²) >= 11 is 0. The van der Waals surface area contributed by atoms with Crippen molar-refractivity contribution in [1.82, 2.24) is 14.9 Å². The van der Waals surface area contributed by atoms with Crippen LogP contribution in [0.4, 0.5) is 0 Å². The number of hydrogen-bond donors (Lipinski definition) is 2. The highest BCUT2D eigenvalue weighted by Gasteiger charge is 2.13. The fourth-order valence-electron chi connectivity index (χ4n) is 1.04. The summed E-state index contributed by atoms with van der Waals surface area (Å²) in [5.41, 5.74) is 0. The summed E-state index contributed by atoms with van der Waals surface area (Å²) in [6, 6.07) is 0. The fraction of sp³-hybridized carbons (Fsp3) is 0. The van der Waals surface area contributed by atoms with E-state index in [9.17, 15) is 0 Å². The molecule has 0 aromatic carbocycles. The summed E-state index contributed by atoms with van der Waals surface area (Å²) in [4.78, 5) is 1.07. The lowest BCUT2D eigenvalue weighted by atomic mass is 10.5. The van der Waals surface area contributed by atoms with E-state index in [0.29, 0.717) is 5.82 Å². The molecule has 0 amide bonds. The molecule has 4 nitrogen and oxygen atoms in total. The first-order chi connectivity index (χ1) is 5.79. The SMILES string of the molecule is [CH2][SH]1C=CC=C1c1nncn1N. The first-order valence-electron chi connectivity index (χ1n) is 3.43. The van der Waals surface area contributed by atoms with Crippen molar-refractivity contribution in [2.45, 2.75) is 0 Å². The van der Waals surface area contributed by atoms with Crippen LogP contribution in [-0.4, -0.2) is 14.9 Å². The molecule has 1 atom stereocenters. The predicted molar refractivity (Wildman–Crippen MR) is 51.6 cm³/mol. The second-order valence-electron chi connectivity index (χ2n) is 2.43. The molecule has 0 spiro atoms. The summed E-state index contributed by atoms with van der Waals surface area (Å²) in [5, 5.41) is 9.66. The van der Waals surface area contributed by atoms with Crippen molar-refractivity contribution in [3.63, 3.8) is 0 Å². The molecule has 0 saturated heterocycles. The van der Waals surface area contributed by atoms with Gasteiger partial charge >= 0.3 is 0 Å². The number of rotatable bonds is 1. The monoisotopic (exact) mass is 181 g/mol. The van der Waals surface area contributed by atoms with E-state index >= 15 is 0 Å². The maximum Gasteiger partial charge on any atom is 0.187 e.